The molecule has 0 aliphatic heterocycles. The predicted molar refractivity (Wildman–Crippen MR) is 110 cm³/mol. The number of para-hydroxylation sites is 1. The molecular formula is C23H17NO3S. The Morgan fingerprint density at radius 1 is 0.893 bits per heavy atom. The molecule has 4 rings (SSSR count). The summed E-state index contributed by atoms with van der Waals surface area (Å²) in [6.45, 7) is 2.03. The van der Waals surface area contributed by atoms with E-state index >= 15 is 0 Å². The molecule has 0 radical (unpaired) electrons. The third kappa shape index (κ3) is 3.70. The molecule has 0 aliphatic rings. The molecule has 0 amide bonds. The van der Waals surface area contributed by atoms with Crippen molar-refractivity contribution in [2.45, 2.75) is 13.5 Å². The van der Waals surface area contributed by atoms with Crippen LogP contribution >= 0.6 is 11.3 Å². The standard InChI is InChI=1S/C23H17NO3S/c1-15-10-12-16(13-11-15)22(25)17-6-2-3-7-18(17)23(26)27-14-21-24-19-8-4-5-9-20(19)28-21/h2-13H,14H2,1H3. The number of esters is 1. The van der Waals surface area contributed by atoms with Crippen molar-refractivity contribution < 1.29 is 14.3 Å². The van der Waals surface area contributed by atoms with Gasteiger partial charge in [0.25, 0.3) is 0 Å². The lowest BCUT2D eigenvalue weighted by atomic mass is 9.98. The molecule has 0 N–H and O–H groups in total. The number of rotatable bonds is 5. The monoisotopic (exact) mass is 387 g/mol. The van der Waals surface area contributed by atoms with Gasteiger partial charge in [0.05, 0.1) is 15.8 Å². The molecule has 0 saturated heterocycles. The lowest BCUT2D eigenvalue weighted by Crippen LogP contribution is -2.12. The molecule has 1 aromatic heterocycles. The number of hydrogen-bond donors (Lipinski definition) is 0. The minimum Gasteiger partial charge on any atom is -0.455 e. The second-order valence-corrected chi connectivity index (χ2v) is 7.51. The predicted octanol–water partition coefficient (Wildman–Crippen LogP) is 5.19. The molecule has 0 bridgehead atoms. The first kappa shape index (κ1) is 18.1. The number of ether oxygens (including phenoxy) is 1. The average molecular weight is 387 g/mol. The van der Waals surface area contributed by atoms with Crippen LogP contribution in [0.2, 0.25) is 0 Å². The van der Waals surface area contributed by atoms with Crippen LogP contribution in [0.3, 0.4) is 0 Å². The van der Waals surface area contributed by atoms with Gasteiger partial charge in [0.15, 0.2) is 5.78 Å². The summed E-state index contributed by atoms with van der Waals surface area (Å²) >= 11 is 1.49. The molecule has 0 unspecified atom stereocenters. The molecule has 0 spiro atoms. The van der Waals surface area contributed by atoms with Gasteiger partial charge >= 0.3 is 5.97 Å². The summed E-state index contributed by atoms with van der Waals surface area (Å²) in [5.74, 6) is -0.733. The van der Waals surface area contributed by atoms with Gasteiger partial charge in [-0.1, -0.05) is 60.2 Å². The lowest BCUT2D eigenvalue weighted by Gasteiger charge is -2.08. The molecule has 28 heavy (non-hydrogen) atoms. The highest BCUT2D eigenvalue weighted by Gasteiger charge is 2.19. The number of thiazole rings is 1. The number of aryl methyl sites for hydroxylation is 1. The Bertz CT molecular complexity index is 1130. The number of carbonyl (C=O) groups is 2. The molecule has 1 heterocycles. The third-order valence-electron chi connectivity index (χ3n) is 4.37. The first-order valence-electron chi connectivity index (χ1n) is 8.84. The fraction of sp³-hybridized carbons (Fsp3) is 0.0870. The van der Waals surface area contributed by atoms with E-state index in [0.717, 1.165) is 20.8 Å². The van der Waals surface area contributed by atoms with Crippen LogP contribution in [-0.2, 0) is 11.3 Å². The molecule has 0 aliphatic carbocycles. The minimum absolute atomic E-state index is 0.0746. The van der Waals surface area contributed by atoms with Gasteiger partial charge in [-0.2, -0.15) is 0 Å². The zero-order chi connectivity index (χ0) is 19.5. The van der Waals surface area contributed by atoms with E-state index in [-0.39, 0.29) is 18.0 Å². The number of fused-ring (bicyclic) bond motifs is 1. The molecule has 4 aromatic rings. The number of hydrogen-bond acceptors (Lipinski definition) is 5. The smallest absolute Gasteiger partial charge is 0.339 e. The number of benzene rings is 3. The molecule has 138 valence electrons. The Labute approximate surface area is 166 Å². The van der Waals surface area contributed by atoms with Crippen LogP contribution in [-0.4, -0.2) is 16.7 Å². The Hall–Kier alpha value is -3.31. The van der Waals surface area contributed by atoms with Crippen molar-refractivity contribution in [2.75, 3.05) is 0 Å². The number of carbonyl (C=O) groups excluding carboxylic acids is 2. The summed E-state index contributed by atoms with van der Waals surface area (Å²) in [7, 11) is 0. The van der Waals surface area contributed by atoms with E-state index in [4.69, 9.17) is 4.74 Å². The van der Waals surface area contributed by atoms with Gasteiger partial charge in [0.1, 0.15) is 11.6 Å². The molecule has 5 heteroatoms. The van der Waals surface area contributed by atoms with E-state index in [0.29, 0.717) is 11.1 Å². The Morgan fingerprint density at radius 3 is 2.32 bits per heavy atom. The van der Waals surface area contributed by atoms with Gasteiger partial charge < -0.3 is 4.74 Å². The maximum Gasteiger partial charge on any atom is 0.339 e. The maximum absolute atomic E-state index is 12.9. The topological polar surface area (TPSA) is 56.3 Å². The van der Waals surface area contributed by atoms with Gasteiger partial charge in [-0.05, 0) is 25.1 Å². The second kappa shape index (κ2) is 7.74. The maximum atomic E-state index is 12.9. The Balaban J connectivity index is 1.54. The van der Waals surface area contributed by atoms with Gasteiger partial charge in [-0.25, -0.2) is 9.78 Å². The van der Waals surface area contributed by atoms with Crippen molar-refractivity contribution >= 4 is 33.3 Å². The zero-order valence-corrected chi connectivity index (χ0v) is 16.0. The number of nitrogens with zero attached hydrogens (tertiary/aromatic N) is 1. The van der Waals surface area contributed by atoms with E-state index in [1.807, 2.05) is 43.3 Å². The van der Waals surface area contributed by atoms with Crippen LogP contribution in [0.5, 0.6) is 0 Å². The van der Waals surface area contributed by atoms with Crippen molar-refractivity contribution in [3.63, 3.8) is 0 Å². The Kier molecular flexibility index (Phi) is 5.00. The van der Waals surface area contributed by atoms with Crippen LogP contribution in [0.15, 0.2) is 72.8 Å². The zero-order valence-electron chi connectivity index (χ0n) is 15.2. The first-order valence-corrected chi connectivity index (χ1v) is 9.65. The van der Waals surface area contributed by atoms with Crippen molar-refractivity contribution in [3.05, 3.63) is 100 Å². The molecule has 4 nitrogen and oxygen atoms in total. The number of aromatic nitrogens is 1. The quantitative estimate of drug-likeness (QED) is 0.349. The summed E-state index contributed by atoms with van der Waals surface area (Å²) in [6, 6.07) is 21.8. The van der Waals surface area contributed by atoms with Crippen molar-refractivity contribution in [3.8, 4) is 0 Å². The van der Waals surface area contributed by atoms with Crippen LogP contribution in [0.1, 0.15) is 36.9 Å². The van der Waals surface area contributed by atoms with Crippen molar-refractivity contribution in [2.24, 2.45) is 0 Å². The van der Waals surface area contributed by atoms with Crippen molar-refractivity contribution in [1.29, 1.82) is 0 Å². The SMILES string of the molecule is Cc1ccc(C(=O)c2ccccc2C(=O)OCc2nc3ccccc3s2)cc1. The highest BCUT2D eigenvalue weighted by molar-refractivity contribution is 7.18. The van der Waals surface area contributed by atoms with E-state index in [1.54, 1.807) is 36.4 Å². The van der Waals surface area contributed by atoms with Crippen LogP contribution < -0.4 is 0 Å². The van der Waals surface area contributed by atoms with Crippen LogP contribution in [0.4, 0.5) is 0 Å². The normalized spacial score (nSPS) is 10.8. The van der Waals surface area contributed by atoms with Gasteiger partial charge in [-0.3, -0.25) is 4.79 Å². The fourth-order valence-electron chi connectivity index (χ4n) is 2.91. The lowest BCUT2D eigenvalue weighted by molar-refractivity contribution is 0.0470. The highest BCUT2D eigenvalue weighted by atomic mass is 32.1. The molecule has 3 aromatic carbocycles. The Morgan fingerprint density at radius 2 is 1.57 bits per heavy atom. The third-order valence-corrected chi connectivity index (χ3v) is 5.38. The molecule has 0 atom stereocenters. The van der Waals surface area contributed by atoms with E-state index in [9.17, 15) is 9.59 Å². The summed E-state index contributed by atoms with van der Waals surface area (Å²) in [6.07, 6.45) is 0. The average Bonchev–Trinajstić information content (AvgIpc) is 3.15. The molecular weight excluding hydrogens is 370 g/mol. The van der Waals surface area contributed by atoms with E-state index < -0.39 is 5.97 Å². The highest BCUT2D eigenvalue weighted by Crippen LogP contribution is 2.23. The van der Waals surface area contributed by atoms with E-state index in [1.165, 1.54) is 11.3 Å². The molecule has 0 fully saturated rings. The largest absolute Gasteiger partial charge is 0.455 e. The second-order valence-electron chi connectivity index (χ2n) is 6.39. The minimum atomic E-state index is -0.532. The summed E-state index contributed by atoms with van der Waals surface area (Å²) in [5, 5.41) is 0.719. The van der Waals surface area contributed by atoms with Crippen LogP contribution in [0.25, 0.3) is 10.2 Å². The summed E-state index contributed by atoms with van der Waals surface area (Å²) < 4.78 is 6.49. The summed E-state index contributed by atoms with van der Waals surface area (Å²) in [4.78, 5) is 30.0. The van der Waals surface area contributed by atoms with Gasteiger partial charge in [-0.15, -0.1) is 11.3 Å². The van der Waals surface area contributed by atoms with Crippen molar-refractivity contribution in [1.82, 2.24) is 4.98 Å². The van der Waals surface area contributed by atoms with Gasteiger partial charge in [0.2, 0.25) is 0 Å². The van der Waals surface area contributed by atoms with Crippen LogP contribution in [0, 0.1) is 6.92 Å². The summed E-state index contributed by atoms with van der Waals surface area (Å²) in [5.41, 5.74) is 3.08. The number of ketones is 1. The van der Waals surface area contributed by atoms with E-state index in [2.05, 4.69) is 4.98 Å². The van der Waals surface area contributed by atoms with Gasteiger partial charge in [0, 0.05) is 11.1 Å². The molecule has 0 saturated carbocycles. The first-order chi connectivity index (χ1) is 13.6. The fourth-order valence-corrected chi connectivity index (χ4v) is 3.79.